The van der Waals surface area contributed by atoms with E-state index < -0.39 is 5.97 Å². The van der Waals surface area contributed by atoms with Gasteiger partial charge in [-0.15, -0.1) is 0 Å². The Morgan fingerprint density at radius 1 is 1.77 bits per heavy atom. The van der Waals surface area contributed by atoms with Gasteiger partial charge >= 0.3 is 5.97 Å². The molecule has 0 aromatic carbocycles. The smallest absolute Gasteiger partial charge is 0.323 e. The van der Waals surface area contributed by atoms with E-state index in [2.05, 4.69) is 15.6 Å². The van der Waals surface area contributed by atoms with Gasteiger partial charge in [-0.25, -0.2) is 4.98 Å². The molecule has 0 saturated carbocycles. The molecule has 3 N–H and O–H groups in total. The molecule has 0 bridgehead atoms. The fraction of sp³-hybridized carbons (Fsp3) is 0.429. The van der Waals surface area contributed by atoms with Gasteiger partial charge in [-0.05, 0) is 0 Å². The average molecular weight is 182 g/mol. The largest absolute Gasteiger partial charge is 0.480 e. The molecule has 1 aliphatic heterocycles. The van der Waals surface area contributed by atoms with Crippen molar-refractivity contribution in [1.29, 1.82) is 0 Å². The molecule has 0 amide bonds. The molecule has 0 atom stereocenters. The molecule has 13 heavy (non-hydrogen) atoms. The van der Waals surface area contributed by atoms with Gasteiger partial charge in [0.15, 0.2) is 0 Å². The van der Waals surface area contributed by atoms with Crippen LogP contribution in [-0.4, -0.2) is 27.3 Å². The van der Waals surface area contributed by atoms with Crippen molar-refractivity contribution in [3.05, 3.63) is 12.0 Å². The lowest BCUT2D eigenvalue weighted by molar-refractivity contribution is -0.137. The van der Waals surface area contributed by atoms with Crippen LogP contribution in [0.3, 0.4) is 0 Å². The number of anilines is 1. The van der Waals surface area contributed by atoms with Gasteiger partial charge in [0, 0.05) is 6.54 Å². The van der Waals surface area contributed by atoms with Crippen LogP contribution in [0.5, 0.6) is 0 Å². The topological polar surface area (TPSA) is 79.2 Å². The maximum atomic E-state index is 10.5. The molecule has 0 aliphatic carbocycles. The summed E-state index contributed by atoms with van der Waals surface area (Å²) in [5.41, 5.74) is 0.897. The third-order valence-corrected chi connectivity index (χ3v) is 1.93. The molecule has 0 saturated heterocycles. The SMILES string of the molecule is O=C(O)Cn1cnc2c1CNCN2. The van der Waals surface area contributed by atoms with E-state index in [1.807, 2.05) is 0 Å². The summed E-state index contributed by atoms with van der Waals surface area (Å²) < 4.78 is 1.62. The molecule has 0 unspecified atom stereocenters. The lowest BCUT2D eigenvalue weighted by Crippen LogP contribution is -2.29. The second kappa shape index (κ2) is 3.06. The lowest BCUT2D eigenvalue weighted by Gasteiger charge is -2.15. The summed E-state index contributed by atoms with van der Waals surface area (Å²) in [6, 6.07) is 0. The van der Waals surface area contributed by atoms with Gasteiger partial charge in [-0.2, -0.15) is 0 Å². The van der Waals surface area contributed by atoms with E-state index in [1.165, 1.54) is 0 Å². The van der Waals surface area contributed by atoms with Gasteiger partial charge in [0.2, 0.25) is 0 Å². The molecule has 6 heteroatoms. The number of fused-ring (bicyclic) bond motifs is 1. The highest BCUT2D eigenvalue weighted by molar-refractivity contribution is 5.67. The Kier molecular flexibility index (Phi) is 1.90. The first-order valence-corrected chi connectivity index (χ1v) is 3.98. The van der Waals surface area contributed by atoms with Gasteiger partial charge in [0.25, 0.3) is 0 Å². The zero-order valence-electron chi connectivity index (χ0n) is 6.95. The van der Waals surface area contributed by atoms with Gasteiger partial charge in [0.1, 0.15) is 12.4 Å². The van der Waals surface area contributed by atoms with Crippen molar-refractivity contribution in [1.82, 2.24) is 14.9 Å². The third kappa shape index (κ3) is 1.48. The van der Waals surface area contributed by atoms with Crippen LogP contribution in [0.25, 0.3) is 0 Å². The highest BCUT2D eigenvalue weighted by atomic mass is 16.4. The van der Waals surface area contributed by atoms with Crippen LogP contribution in [0.4, 0.5) is 5.82 Å². The third-order valence-electron chi connectivity index (χ3n) is 1.93. The van der Waals surface area contributed by atoms with Crippen LogP contribution in [0.1, 0.15) is 5.69 Å². The van der Waals surface area contributed by atoms with E-state index in [0.29, 0.717) is 13.2 Å². The fourth-order valence-corrected chi connectivity index (χ4v) is 1.35. The van der Waals surface area contributed by atoms with Crippen LogP contribution in [0.2, 0.25) is 0 Å². The number of nitrogens with one attached hydrogen (secondary N) is 2. The van der Waals surface area contributed by atoms with Crippen molar-refractivity contribution < 1.29 is 9.90 Å². The summed E-state index contributed by atoms with van der Waals surface area (Å²) >= 11 is 0. The first-order valence-electron chi connectivity index (χ1n) is 3.98. The van der Waals surface area contributed by atoms with Crippen LogP contribution >= 0.6 is 0 Å². The Hall–Kier alpha value is -1.56. The molecule has 0 fully saturated rings. The van der Waals surface area contributed by atoms with Gasteiger partial charge in [0.05, 0.1) is 18.7 Å². The van der Waals surface area contributed by atoms with Crippen molar-refractivity contribution in [3.8, 4) is 0 Å². The maximum absolute atomic E-state index is 10.5. The normalized spacial score (nSPS) is 14.8. The molecule has 1 aromatic heterocycles. The first kappa shape index (κ1) is 8.06. The molecule has 1 aliphatic rings. The molecular formula is C7H10N4O2. The predicted molar refractivity (Wildman–Crippen MR) is 45.2 cm³/mol. The maximum Gasteiger partial charge on any atom is 0.323 e. The number of aliphatic carboxylic acids is 1. The molecule has 2 heterocycles. The van der Waals surface area contributed by atoms with Crippen molar-refractivity contribution in [2.45, 2.75) is 13.1 Å². The summed E-state index contributed by atoms with van der Waals surface area (Å²) in [6.45, 7) is 1.30. The zero-order valence-corrected chi connectivity index (χ0v) is 6.95. The Morgan fingerprint density at radius 2 is 2.62 bits per heavy atom. The fourth-order valence-electron chi connectivity index (χ4n) is 1.35. The van der Waals surface area contributed by atoms with E-state index >= 15 is 0 Å². The van der Waals surface area contributed by atoms with E-state index in [9.17, 15) is 4.79 Å². The summed E-state index contributed by atoms with van der Waals surface area (Å²) in [7, 11) is 0. The number of carboxylic acids is 1. The van der Waals surface area contributed by atoms with Crippen molar-refractivity contribution in [2.24, 2.45) is 0 Å². The minimum atomic E-state index is -0.856. The molecule has 6 nitrogen and oxygen atoms in total. The van der Waals surface area contributed by atoms with E-state index in [-0.39, 0.29) is 6.54 Å². The van der Waals surface area contributed by atoms with Crippen molar-refractivity contribution >= 4 is 11.8 Å². The Morgan fingerprint density at radius 3 is 3.38 bits per heavy atom. The summed E-state index contributed by atoms with van der Waals surface area (Å²) in [4.78, 5) is 14.5. The van der Waals surface area contributed by atoms with E-state index in [1.54, 1.807) is 10.9 Å². The standard InChI is InChI=1S/C7H10N4O2/c12-6(13)2-11-4-10-7-5(11)1-8-3-9-7/h4,8-9H,1-3H2,(H,12,13). The monoisotopic (exact) mass is 182 g/mol. The van der Waals surface area contributed by atoms with E-state index in [0.717, 1.165) is 11.5 Å². The number of rotatable bonds is 2. The first-order chi connectivity index (χ1) is 6.27. The highest BCUT2D eigenvalue weighted by Gasteiger charge is 2.15. The summed E-state index contributed by atoms with van der Waals surface area (Å²) in [5, 5.41) is 14.7. The Balaban J connectivity index is 2.26. The molecule has 2 rings (SSSR count). The number of nitrogens with zero attached hydrogens (tertiary/aromatic N) is 2. The van der Waals surface area contributed by atoms with Gasteiger partial charge in [-0.3, -0.25) is 10.1 Å². The van der Waals surface area contributed by atoms with Crippen molar-refractivity contribution in [3.63, 3.8) is 0 Å². The minimum Gasteiger partial charge on any atom is -0.480 e. The molecule has 0 radical (unpaired) electrons. The molecule has 70 valence electrons. The number of carboxylic acid groups (broad SMARTS) is 1. The van der Waals surface area contributed by atoms with Crippen LogP contribution in [0.15, 0.2) is 6.33 Å². The number of hydrogen-bond acceptors (Lipinski definition) is 4. The lowest BCUT2D eigenvalue weighted by atomic mass is 10.3. The van der Waals surface area contributed by atoms with E-state index in [4.69, 9.17) is 5.11 Å². The second-order valence-electron chi connectivity index (χ2n) is 2.84. The quantitative estimate of drug-likeness (QED) is 0.571. The molecule has 1 aromatic rings. The Bertz CT molecular complexity index is 333. The Labute approximate surface area is 74.6 Å². The van der Waals surface area contributed by atoms with Crippen molar-refractivity contribution in [2.75, 3.05) is 12.0 Å². The average Bonchev–Trinajstić information content (AvgIpc) is 2.48. The highest BCUT2D eigenvalue weighted by Crippen LogP contribution is 2.15. The zero-order chi connectivity index (χ0) is 9.26. The second-order valence-corrected chi connectivity index (χ2v) is 2.84. The number of aromatic nitrogens is 2. The molecular weight excluding hydrogens is 172 g/mol. The minimum absolute atomic E-state index is 0.0360. The number of hydrogen-bond donors (Lipinski definition) is 3. The number of imidazole rings is 1. The van der Waals surface area contributed by atoms with Gasteiger partial charge < -0.3 is 15.0 Å². The number of carbonyl (C=O) groups is 1. The van der Waals surface area contributed by atoms with Crippen LogP contribution < -0.4 is 10.6 Å². The van der Waals surface area contributed by atoms with Gasteiger partial charge in [-0.1, -0.05) is 0 Å². The van der Waals surface area contributed by atoms with Crippen LogP contribution in [0, 0.1) is 0 Å². The predicted octanol–water partition coefficient (Wildman–Crippen LogP) is -0.560. The summed E-state index contributed by atoms with van der Waals surface area (Å²) in [6.07, 6.45) is 1.54. The van der Waals surface area contributed by atoms with Crippen LogP contribution in [-0.2, 0) is 17.9 Å². The molecule has 0 spiro atoms. The summed E-state index contributed by atoms with van der Waals surface area (Å²) in [5.74, 6) is -0.0780.